The molecule has 1 amide bonds. The van der Waals surface area contributed by atoms with Crippen LogP contribution in [0.4, 0.5) is 0 Å². The molecule has 0 saturated heterocycles. The highest BCUT2D eigenvalue weighted by Gasteiger charge is 2.41. The van der Waals surface area contributed by atoms with Crippen molar-refractivity contribution >= 4 is 11.6 Å². The standard InChI is InChI=1S/C14H16N2O2/c1-3-9-15-13(17)14(2)10-12(16-18-14)11-7-5-4-6-8-11/h3-8H,1,9-10H2,2H3,(H,15,17). The maximum atomic E-state index is 11.9. The minimum Gasteiger partial charge on any atom is -0.379 e. The first-order chi connectivity index (χ1) is 8.65. The molecule has 0 saturated carbocycles. The van der Waals surface area contributed by atoms with E-state index in [4.69, 9.17) is 4.84 Å². The van der Waals surface area contributed by atoms with Crippen LogP contribution >= 0.6 is 0 Å². The molecule has 0 fully saturated rings. The molecule has 1 aromatic rings. The number of hydrogen-bond donors (Lipinski definition) is 1. The first-order valence-electron chi connectivity index (χ1n) is 5.85. The Balaban J connectivity index is 2.06. The van der Waals surface area contributed by atoms with E-state index in [1.165, 1.54) is 0 Å². The van der Waals surface area contributed by atoms with E-state index in [0.29, 0.717) is 13.0 Å². The molecule has 1 N–H and O–H groups in total. The second-order valence-electron chi connectivity index (χ2n) is 4.40. The third kappa shape index (κ3) is 2.42. The van der Waals surface area contributed by atoms with Crippen molar-refractivity contribution in [3.05, 3.63) is 48.6 Å². The number of nitrogens with zero attached hydrogens (tertiary/aromatic N) is 1. The van der Waals surface area contributed by atoms with Gasteiger partial charge in [0.2, 0.25) is 5.60 Å². The quantitative estimate of drug-likeness (QED) is 0.822. The van der Waals surface area contributed by atoms with Crippen LogP contribution in [0.1, 0.15) is 18.9 Å². The molecule has 1 unspecified atom stereocenters. The minimum atomic E-state index is -0.922. The summed E-state index contributed by atoms with van der Waals surface area (Å²) < 4.78 is 0. The summed E-state index contributed by atoms with van der Waals surface area (Å²) in [5.41, 5.74) is 0.860. The fourth-order valence-corrected chi connectivity index (χ4v) is 1.80. The lowest BCUT2D eigenvalue weighted by Crippen LogP contribution is -2.44. The van der Waals surface area contributed by atoms with Crippen molar-refractivity contribution in [2.24, 2.45) is 5.16 Å². The second kappa shape index (κ2) is 5.04. The molecule has 1 atom stereocenters. The van der Waals surface area contributed by atoms with Gasteiger partial charge in [0.15, 0.2) is 0 Å². The number of benzene rings is 1. The number of nitrogens with one attached hydrogen (secondary N) is 1. The Morgan fingerprint density at radius 1 is 1.56 bits per heavy atom. The molecule has 2 rings (SSSR count). The maximum Gasteiger partial charge on any atom is 0.267 e. The number of hydrogen-bond acceptors (Lipinski definition) is 3. The lowest BCUT2D eigenvalue weighted by atomic mass is 9.95. The first kappa shape index (κ1) is 12.4. The SMILES string of the molecule is C=CCNC(=O)C1(C)CC(c2ccccc2)=NO1. The van der Waals surface area contributed by atoms with Crippen molar-refractivity contribution in [1.82, 2.24) is 5.32 Å². The Morgan fingerprint density at radius 3 is 2.94 bits per heavy atom. The van der Waals surface area contributed by atoms with E-state index in [1.807, 2.05) is 30.3 Å². The predicted octanol–water partition coefficient (Wildman–Crippen LogP) is 1.87. The molecular weight excluding hydrogens is 228 g/mol. The third-order valence-electron chi connectivity index (χ3n) is 2.86. The van der Waals surface area contributed by atoms with E-state index in [9.17, 15) is 4.79 Å². The predicted molar refractivity (Wildman–Crippen MR) is 70.3 cm³/mol. The van der Waals surface area contributed by atoms with Crippen LogP contribution in [-0.4, -0.2) is 23.8 Å². The molecule has 0 aromatic heterocycles. The van der Waals surface area contributed by atoms with E-state index < -0.39 is 5.60 Å². The van der Waals surface area contributed by atoms with Crippen LogP contribution in [0.2, 0.25) is 0 Å². The van der Waals surface area contributed by atoms with Crippen molar-refractivity contribution < 1.29 is 9.63 Å². The highest BCUT2D eigenvalue weighted by Crippen LogP contribution is 2.26. The molecule has 0 spiro atoms. The summed E-state index contributed by atoms with van der Waals surface area (Å²) in [6, 6.07) is 9.72. The van der Waals surface area contributed by atoms with E-state index in [0.717, 1.165) is 11.3 Å². The highest BCUT2D eigenvalue weighted by molar-refractivity contribution is 6.05. The van der Waals surface area contributed by atoms with Gasteiger partial charge in [-0.05, 0) is 12.5 Å². The molecule has 1 aliphatic rings. The van der Waals surface area contributed by atoms with Gasteiger partial charge in [0.1, 0.15) is 0 Å². The normalized spacial score (nSPS) is 21.9. The average molecular weight is 244 g/mol. The highest BCUT2D eigenvalue weighted by atomic mass is 16.7. The second-order valence-corrected chi connectivity index (χ2v) is 4.40. The van der Waals surface area contributed by atoms with Crippen LogP contribution in [0.15, 0.2) is 48.1 Å². The van der Waals surface area contributed by atoms with Crippen molar-refractivity contribution in [3.8, 4) is 0 Å². The van der Waals surface area contributed by atoms with Crippen LogP contribution in [-0.2, 0) is 9.63 Å². The van der Waals surface area contributed by atoms with E-state index in [1.54, 1.807) is 13.0 Å². The zero-order valence-electron chi connectivity index (χ0n) is 10.3. The average Bonchev–Trinajstić information content (AvgIpc) is 2.81. The van der Waals surface area contributed by atoms with Gasteiger partial charge < -0.3 is 10.2 Å². The molecule has 94 valence electrons. The summed E-state index contributed by atoms with van der Waals surface area (Å²) in [4.78, 5) is 17.3. The Bertz CT molecular complexity index is 482. The lowest BCUT2D eigenvalue weighted by Gasteiger charge is -2.19. The molecule has 4 nitrogen and oxygen atoms in total. The molecular formula is C14H16N2O2. The number of amides is 1. The van der Waals surface area contributed by atoms with Gasteiger partial charge in [0.25, 0.3) is 5.91 Å². The third-order valence-corrected chi connectivity index (χ3v) is 2.86. The summed E-state index contributed by atoms with van der Waals surface area (Å²) >= 11 is 0. The van der Waals surface area contributed by atoms with Crippen molar-refractivity contribution in [1.29, 1.82) is 0 Å². The van der Waals surface area contributed by atoms with Gasteiger partial charge in [0, 0.05) is 13.0 Å². The van der Waals surface area contributed by atoms with Gasteiger partial charge >= 0.3 is 0 Å². The summed E-state index contributed by atoms with van der Waals surface area (Å²) in [6.07, 6.45) is 2.11. The number of carbonyl (C=O) groups excluding carboxylic acids is 1. The zero-order chi connectivity index (χ0) is 13.0. The summed E-state index contributed by atoms with van der Waals surface area (Å²) in [7, 11) is 0. The molecule has 0 aliphatic carbocycles. The van der Waals surface area contributed by atoms with Crippen LogP contribution < -0.4 is 5.32 Å². The topological polar surface area (TPSA) is 50.7 Å². The van der Waals surface area contributed by atoms with Crippen molar-refractivity contribution in [3.63, 3.8) is 0 Å². The molecule has 1 aromatic carbocycles. The Morgan fingerprint density at radius 2 is 2.28 bits per heavy atom. The van der Waals surface area contributed by atoms with E-state index >= 15 is 0 Å². The fourth-order valence-electron chi connectivity index (χ4n) is 1.80. The Labute approximate surface area is 106 Å². The molecule has 4 heteroatoms. The first-order valence-corrected chi connectivity index (χ1v) is 5.85. The smallest absolute Gasteiger partial charge is 0.267 e. The number of rotatable bonds is 4. The van der Waals surface area contributed by atoms with Gasteiger partial charge in [-0.25, -0.2) is 0 Å². The van der Waals surface area contributed by atoms with Crippen LogP contribution in [0.3, 0.4) is 0 Å². The molecule has 18 heavy (non-hydrogen) atoms. The molecule has 0 radical (unpaired) electrons. The molecule has 1 aliphatic heterocycles. The fraction of sp³-hybridized carbons (Fsp3) is 0.286. The maximum absolute atomic E-state index is 11.9. The van der Waals surface area contributed by atoms with E-state index in [-0.39, 0.29) is 5.91 Å². The van der Waals surface area contributed by atoms with Crippen LogP contribution in [0.25, 0.3) is 0 Å². The number of oxime groups is 1. The molecule has 0 bridgehead atoms. The van der Waals surface area contributed by atoms with Gasteiger partial charge in [-0.3, -0.25) is 4.79 Å². The summed E-state index contributed by atoms with van der Waals surface area (Å²) in [5, 5.41) is 6.75. The van der Waals surface area contributed by atoms with Gasteiger partial charge in [0.05, 0.1) is 5.71 Å². The van der Waals surface area contributed by atoms with Crippen molar-refractivity contribution in [2.75, 3.05) is 6.54 Å². The molecule has 1 heterocycles. The largest absolute Gasteiger partial charge is 0.379 e. The van der Waals surface area contributed by atoms with Crippen LogP contribution in [0, 0.1) is 0 Å². The lowest BCUT2D eigenvalue weighted by molar-refractivity contribution is -0.141. The minimum absolute atomic E-state index is 0.169. The summed E-state index contributed by atoms with van der Waals surface area (Å²) in [5.74, 6) is -0.169. The monoisotopic (exact) mass is 244 g/mol. The number of carbonyl (C=O) groups is 1. The van der Waals surface area contributed by atoms with E-state index in [2.05, 4.69) is 17.1 Å². The van der Waals surface area contributed by atoms with Crippen molar-refractivity contribution in [2.45, 2.75) is 18.9 Å². The zero-order valence-corrected chi connectivity index (χ0v) is 10.3. The summed E-state index contributed by atoms with van der Waals surface area (Å²) in [6.45, 7) is 5.73. The van der Waals surface area contributed by atoms with Crippen LogP contribution in [0.5, 0.6) is 0 Å². The Kier molecular flexibility index (Phi) is 3.46. The van der Waals surface area contributed by atoms with Gasteiger partial charge in [-0.15, -0.1) is 6.58 Å². The van der Waals surface area contributed by atoms with Gasteiger partial charge in [-0.2, -0.15) is 0 Å². The Hall–Kier alpha value is -2.10. The van der Waals surface area contributed by atoms with Gasteiger partial charge in [-0.1, -0.05) is 41.6 Å².